The first kappa shape index (κ1) is 18.9. The summed E-state index contributed by atoms with van der Waals surface area (Å²) < 4.78 is 13.9. The van der Waals surface area contributed by atoms with Crippen molar-refractivity contribution < 1.29 is 9.18 Å². The van der Waals surface area contributed by atoms with E-state index in [-0.39, 0.29) is 17.8 Å². The van der Waals surface area contributed by atoms with Crippen molar-refractivity contribution in [3.63, 3.8) is 0 Å². The first-order valence-electron chi connectivity index (χ1n) is 9.84. The molecule has 2 aliphatic rings. The molecule has 142 valence electrons. The van der Waals surface area contributed by atoms with Crippen molar-refractivity contribution in [2.75, 3.05) is 37.6 Å². The number of nitrogens with zero attached hydrogens (tertiary/aromatic N) is 2. The zero-order chi connectivity index (χ0) is 18.4. The van der Waals surface area contributed by atoms with Gasteiger partial charge in [-0.05, 0) is 51.2 Å². The number of piperazine rings is 1. The van der Waals surface area contributed by atoms with E-state index in [4.69, 9.17) is 0 Å². The van der Waals surface area contributed by atoms with Crippen LogP contribution in [-0.4, -0.2) is 49.6 Å². The van der Waals surface area contributed by atoms with Gasteiger partial charge >= 0.3 is 0 Å². The van der Waals surface area contributed by atoms with E-state index in [9.17, 15) is 9.18 Å². The Morgan fingerprint density at radius 3 is 2.65 bits per heavy atom. The number of halogens is 1. The second kappa shape index (κ2) is 9.17. The molecule has 1 saturated heterocycles. The third kappa shape index (κ3) is 4.85. The number of para-hydroxylation sites is 1. The Hall–Kier alpha value is -1.88. The minimum absolute atomic E-state index is 0.0979. The van der Waals surface area contributed by atoms with Gasteiger partial charge in [-0.25, -0.2) is 4.39 Å². The van der Waals surface area contributed by atoms with Crippen LogP contribution in [0.1, 0.15) is 39.0 Å². The summed E-state index contributed by atoms with van der Waals surface area (Å²) in [6.45, 7) is 5.72. The monoisotopic (exact) mass is 359 g/mol. The Labute approximate surface area is 156 Å². The normalized spacial score (nSPS) is 19.8. The molecule has 5 heteroatoms. The van der Waals surface area contributed by atoms with E-state index in [1.807, 2.05) is 19.1 Å². The van der Waals surface area contributed by atoms with Gasteiger partial charge in [-0.3, -0.25) is 9.69 Å². The van der Waals surface area contributed by atoms with Crippen molar-refractivity contribution in [1.82, 2.24) is 10.2 Å². The highest BCUT2D eigenvalue weighted by Crippen LogP contribution is 2.21. The molecule has 26 heavy (non-hydrogen) atoms. The molecule has 0 bridgehead atoms. The third-order valence-corrected chi connectivity index (χ3v) is 5.56. The summed E-state index contributed by atoms with van der Waals surface area (Å²) >= 11 is 0. The zero-order valence-electron chi connectivity index (χ0n) is 15.7. The Kier molecular flexibility index (Phi) is 6.67. The maximum atomic E-state index is 13.9. The summed E-state index contributed by atoms with van der Waals surface area (Å²) in [7, 11) is 0. The molecule has 1 unspecified atom stereocenters. The molecule has 1 aromatic rings. The van der Waals surface area contributed by atoms with E-state index >= 15 is 0 Å². The van der Waals surface area contributed by atoms with Crippen LogP contribution in [0.25, 0.3) is 0 Å². The summed E-state index contributed by atoms with van der Waals surface area (Å²) in [5.41, 5.74) is 2.15. The number of hydrogen-bond donors (Lipinski definition) is 1. The fourth-order valence-electron chi connectivity index (χ4n) is 3.85. The number of carbonyl (C=O) groups excluding carboxylic acids is 1. The lowest BCUT2D eigenvalue weighted by molar-refractivity contribution is -0.125. The van der Waals surface area contributed by atoms with Crippen LogP contribution in [-0.2, 0) is 4.79 Å². The standard InChI is InChI=1S/C21H30FN3O/c1-17(21(26)23-12-11-18-7-3-2-4-8-18)24-13-15-25(16-14-24)20-10-6-5-9-19(20)22/h5-7,9-10,17H,2-4,8,11-16H2,1H3,(H,23,26). The summed E-state index contributed by atoms with van der Waals surface area (Å²) in [5.74, 6) is -0.0792. The minimum atomic E-state index is -0.177. The molecule has 1 fully saturated rings. The highest BCUT2D eigenvalue weighted by molar-refractivity contribution is 5.81. The quantitative estimate of drug-likeness (QED) is 0.792. The van der Waals surface area contributed by atoms with E-state index in [0.29, 0.717) is 5.69 Å². The van der Waals surface area contributed by atoms with Crippen LogP contribution in [0, 0.1) is 5.82 Å². The molecule has 1 aliphatic heterocycles. The third-order valence-electron chi connectivity index (χ3n) is 5.56. The Bertz CT molecular complexity index is 638. The maximum absolute atomic E-state index is 13.9. The van der Waals surface area contributed by atoms with Crippen molar-refractivity contribution in [3.8, 4) is 0 Å². The smallest absolute Gasteiger partial charge is 0.237 e. The molecule has 1 atom stereocenters. The van der Waals surface area contributed by atoms with Crippen molar-refractivity contribution in [3.05, 3.63) is 41.7 Å². The molecule has 1 aliphatic carbocycles. The molecule has 0 saturated carbocycles. The van der Waals surface area contributed by atoms with Gasteiger partial charge in [-0.15, -0.1) is 0 Å². The minimum Gasteiger partial charge on any atom is -0.367 e. The van der Waals surface area contributed by atoms with E-state index < -0.39 is 0 Å². The molecule has 1 heterocycles. The lowest BCUT2D eigenvalue weighted by atomic mass is 9.97. The van der Waals surface area contributed by atoms with E-state index in [1.54, 1.807) is 6.07 Å². The Balaban J connectivity index is 1.42. The fraction of sp³-hybridized carbons (Fsp3) is 0.571. The van der Waals surface area contributed by atoms with Crippen LogP contribution in [0.4, 0.5) is 10.1 Å². The van der Waals surface area contributed by atoms with Gasteiger partial charge in [0.1, 0.15) is 5.82 Å². The fourth-order valence-corrected chi connectivity index (χ4v) is 3.85. The Morgan fingerprint density at radius 1 is 1.19 bits per heavy atom. The molecule has 0 spiro atoms. The van der Waals surface area contributed by atoms with Crippen LogP contribution in [0.5, 0.6) is 0 Å². The second-order valence-electron chi connectivity index (χ2n) is 7.30. The van der Waals surface area contributed by atoms with Gasteiger partial charge in [0.05, 0.1) is 11.7 Å². The molecule has 0 radical (unpaired) electrons. The summed E-state index contributed by atoms with van der Waals surface area (Å²) in [4.78, 5) is 16.7. The van der Waals surface area contributed by atoms with E-state index in [1.165, 1.54) is 37.3 Å². The average molecular weight is 359 g/mol. The van der Waals surface area contributed by atoms with Crippen LogP contribution >= 0.6 is 0 Å². The van der Waals surface area contributed by atoms with E-state index in [0.717, 1.165) is 39.1 Å². The molecule has 0 aromatic heterocycles. The summed E-state index contributed by atoms with van der Waals surface area (Å²) in [6, 6.07) is 6.76. The lowest BCUT2D eigenvalue weighted by Crippen LogP contribution is -2.54. The van der Waals surface area contributed by atoms with Gasteiger partial charge in [0.25, 0.3) is 0 Å². The van der Waals surface area contributed by atoms with Crippen molar-refractivity contribution in [2.24, 2.45) is 0 Å². The highest BCUT2D eigenvalue weighted by atomic mass is 19.1. The Morgan fingerprint density at radius 2 is 1.96 bits per heavy atom. The average Bonchev–Trinajstić information content (AvgIpc) is 2.69. The number of benzene rings is 1. The summed E-state index contributed by atoms with van der Waals surface area (Å²) in [6.07, 6.45) is 8.25. The number of hydrogen-bond acceptors (Lipinski definition) is 3. The molecule has 1 amide bonds. The number of anilines is 1. The number of rotatable bonds is 6. The van der Waals surface area contributed by atoms with E-state index in [2.05, 4.69) is 21.2 Å². The van der Waals surface area contributed by atoms with Crippen LogP contribution in [0.3, 0.4) is 0 Å². The first-order valence-corrected chi connectivity index (χ1v) is 9.84. The van der Waals surface area contributed by atoms with Gasteiger partial charge in [-0.2, -0.15) is 0 Å². The number of allylic oxidation sites excluding steroid dienone is 1. The van der Waals surface area contributed by atoms with Crippen molar-refractivity contribution in [1.29, 1.82) is 0 Å². The number of amides is 1. The molecule has 3 rings (SSSR count). The van der Waals surface area contributed by atoms with Crippen LogP contribution < -0.4 is 10.2 Å². The predicted octanol–water partition coefficient (Wildman–Crippen LogP) is 3.34. The van der Waals surface area contributed by atoms with Crippen LogP contribution in [0.2, 0.25) is 0 Å². The van der Waals surface area contributed by atoms with Gasteiger partial charge in [0, 0.05) is 32.7 Å². The zero-order valence-corrected chi connectivity index (χ0v) is 15.7. The van der Waals surface area contributed by atoms with Crippen molar-refractivity contribution in [2.45, 2.75) is 45.1 Å². The topological polar surface area (TPSA) is 35.6 Å². The number of nitrogens with one attached hydrogen (secondary N) is 1. The summed E-state index contributed by atoms with van der Waals surface area (Å²) in [5, 5.41) is 3.08. The van der Waals surface area contributed by atoms with Gasteiger partial charge in [0.2, 0.25) is 5.91 Å². The number of carbonyl (C=O) groups is 1. The molecular formula is C21H30FN3O. The first-order chi connectivity index (χ1) is 12.6. The van der Waals surface area contributed by atoms with Gasteiger partial charge in [-0.1, -0.05) is 23.8 Å². The largest absolute Gasteiger partial charge is 0.367 e. The predicted molar refractivity (Wildman–Crippen MR) is 104 cm³/mol. The SMILES string of the molecule is CC(C(=O)NCCC1=CCCCC1)N1CCN(c2ccccc2F)CC1. The highest BCUT2D eigenvalue weighted by Gasteiger charge is 2.26. The molecule has 4 nitrogen and oxygen atoms in total. The molecule has 1 N–H and O–H groups in total. The van der Waals surface area contributed by atoms with Crippen molar-refractivity contribution >= 4 is 11.6 Å². The second-order valence-corrected chi connectivity index (χ2v) is 7.30. The molecule has 1 aromatic carbocycles. The maximum Gasteiger partial charge on any atom is 0.237 e. The van der Waals surface area contributed by atoms with Gasteiger partial charge < -0.3 is 10.2 Å². The molecular weight excluding hydrogens is 329 g/mol. The lowest BCUT2D eigenvalue weighted by Gasteiger charge is -2.38. The van der Waals surface area contributed by atoms with Gasteiger partial charge in [0.15, 0.2) is 0 Å². The van der Waals surface area contributed by atoms with Crippen LogP contribution in [0.15, 0.2) is 35.9 Å².